The maximum absolute atomic E-state index is 14.1. The predicted molar refractivity (Wildman–Crippen MR) is 265 cm³/mol. The second-order valence-electron chi connectivity index (χ2n) is 17.4. The molecule has 0 aliphatic carbocycles. The standard InChI is InChI=1S/C27H22F8N2O4S.C26H23F5N2O3S/c28-19-4-9-23-18(10-11-36-14-17-2-1-3-21(12-17)40-16-26(31,32)25(29)30)15-37(24(23)13-19)42(38,39)22-7-5-20(6-8-22)41-27(33,34)35;27-20-9-10-23-19(16-33(24(23)14-20)37(34,35)22-7-2-1-3-8-22)11-12-32-15-18-5-4-6-21(13-18)36-17-26(30,31)25(28)29/h1-9,12-13,15,25,36H,10-11,14,16H2;1-10,13-14,16,25,32H,11-12,15,17H2. The molecule has 79 heavy (non-hydrogen) atoms. The molecular formula is C53H45F13N4O7S2. The molecule has 0 spiro atoms. The quantitative estimate of drug-likeness (QED) is 0.0475. The second-order valence-corrected chi connectivity index (χ2v) is 21.0. The maximum Gasteiger partial charge on any atom is 0.573 e. The smallest absolute Gasteiger partial charge is 0.487 e. The lowest BCUT2D eigenvalue weighted by Gasteiger charge is -2.16. The molecule has 0 aliphatic heterocycles. The summed E-state index contributed by atoms with van der Waals surface area (Å²) < 4.78 is 236. The first-order chi connectivity index (χ1) is 37.2. The molecule has 2 aromatic heterocycles. The fourth-order valence-corrected chi connectivity index (χ4v) is 10.6. The SMILES string of the molecule is O=S(=O)(c1ccc(OC(F)(F)F)cc1)n1cc(CCNCc2cccc(OCC(F)(F)C(F)F)c2)c2ccc(F)cc21.O=S(=O)(c1ccccc1)n1cc(CCNCc2cccc(OCC(F)(F)C(F)F)c2)c2ccc(F)cc21. The summed E-state index contributed by atoms with van der Waals surface area (Å²) in [6.45, 7) is -1.68. The van der Waals surface area contributed by atoms with E-state index in [1.54, 1.807) is 36.4 Å². The molecular weight excluding hydrogens is 1120 g/mol. The Kier molecular flexibility index (Phi) is 18.6. The molecule has 0 unspecified atom stereocenters. The Labute approximate surface area is 443 Å². The van der Waals surface area contributed by atoms with Gasteiger partial charge in [0.25, 0.3) is 20.0 Å². The first-order valence-corrected chi connectivity index (χ1v) is 26.3. The summed E-state index contributed by atoms with van der Waals surface area (Å²) >= 11 is 0. The van der Waals surface area contributed by atoms with Crippen molar-refractivity contribution in [3.05, 3.63) is 186 Å². The third kappa shape index (κ3) is 15.3. The Bertz CT molecular complexity index is 3580. The highest BCUT2D eigenvalue weighted by atomic mass is 32.2. The average Bonchev–Trinajstić information content (AvgIpc) is 4.11. The van der Waals surface area contributed by atoms with Gasteiger partial charge in [-0.15, -0.1) is 13.2 Å². The van der Waals surface area contributed by atoms with Crippen LogP contribution >= 0.6 is 0 Å². The van der Waals surface area contributed by atoms with Gasteiger partial charge in [0.05, 0.1) is 20.8 Å². The van der Waals surface area contributed by atoms with E-state index in [1.165, 1.54) is 79.1 Å². The number of hydrogen-bond acceptors (Lipinski definition) is 9. The normalized spacial score (nSPS) is 12.5. The minimum absolute atomic E-state index is 0.0195. The first kappa shape index (κ1) is 59.4. The van der Waals surface area contributed by atoms with Crippen LogP contribution in [0.15, 0.2) is 162 Å². The Morgan fingerprint density at radius 2 is 0.899 bits per heavy atom. The summed E-state index contributed by atoms with van der Waals surface area (Å²) in [6, 6.07) is 31.0. The molecule has 6 aromatic carbocycles. The van der Waals surface area contributed by atoms with Gasteiger partial charge in [0.1, 0.15) is 28.9 Å². The number of fused-ring (bicyclic) bond motifs is 2. The van der Waals surface area contributed by atoms with Crippen molar-refractivity contribution in [3.63, 3.8) is 0 Å². The number of hydrogen-bond donors (Lipinski definition) is 2. The molecule has 0 fully saturated rings. The van der Waals surface area contributed by atoms with Gasteiger partial charge in [0.15, 0.2) is 13.2 Å². The third-order valence-corrected chi connectivity index (χ3v) is 15.0. The van der Waals surface area contributed by atoms with Crippen LogP contribution in [0.5, 0.6) is 17.2 Å². The average molecular weight is 1160 g/mol. The topological polar surface area (TPSA) is 130 Å². The molecule has 2 N–H and O–H groups in total. The number of benzene rings is 6. The molecule has 0 atom stereocenters. The van der Waals surface area contributed by atoms with E-state index in [9.17, 15) is 73.9 Å². The maximum atomic E-state index is 14.1. The summed E-state index contributed by atoms with van der Waals surface area (Å²) in [5.41, 5.74) is 2.72. The van der Waals surface area contributed by atoms with Crippen molar-refractivity contribution in [2.45, 2.75) is 66.8 Å². The molecule has 11 nitrogen and oxygen atoms in total. The fraction of sp³-hybridized carbons (Fsp3) is 0.245. The molecule has 0 amide bonds. The lowest BCUT2D eigenvalue weighted by atomic mass is 10.1. The van der Waals surface area contributed by atoms with E-state index < -0.39 is 81.7 Å². The van der Waals surface area contributed by atoms with Crippen LogP contribution in [0.2, 0.25) is 0 Å². The zero-order chi connectivity index (χ0) is 57.3. The van der Waals surface area contributed by atoms with E-state index in [1.807, 2.05) is 0 Å². The van der Waals surface area contributed by atoms with Crippen LogP contribution in [-0.2, 0) is 46.0 Å². The van der Waals surface area contributed by atoms with Gasteiger partial charge in [-0.3, -0.25) is 0 Å². The number of halogens is 13. The van der Waals surface area contributed by atoms with Gasteiger partial charge in [-0.05, 0) is 145 Å². The zero-order valence-electron chi connectivity index (χ0n) is 40.7. The van der Waals surface area contributed by atoms with Crippen molar-refractivity contribution in [2.75, 3.05) is 26.3 Å². The van der Waals surface area contributed by atoms with Crippen LogP contribution in [-0.4, -0.2) is 82.1 Å². The Balaban J connectivity index is 0.000000230. The van der Waals surface area contributed by atoms with Crippen LogP contribution in [0.4, 0.5) is 57.1 Å². The highest BCUT2D eigenvalue weighted by Crippen LogP contribution is 2.32. The molecule has 8 aromatic rings. The first-order valence-electron chi connectivity index (χ1n) is 23.4. The van der Waals surface area contributed by atoms with Gasteiger partial charge in [0, 0.05) is 36.3 Å². The van der Waals surface area contributed by atoms with Gasteiger partial charge < -0.3 is 24.8 Å². The monoisotopic (exact) mass is 1160 g/mol. The van der Waals surface area contributed by atoms with Gasteiger partial charge in [-0.25, -0.2) is 51.1 Å². The fourth-order valence-electron chi connectivity index (χ4n) is 7.79. The van der Waals surface area contributed by atoms with Crippen LogP contribution in [0, 0.1) is 11.6 Å². The Hall–Kier alpha value is -7.29. The molecule has 0 saturated heterocycles. The highest BCUT2D eigenvalue weighted by Gasteiger charge is 2.42. The van der Waals surface area contributed by atoms with E-state index in [4.69, 9.17) is 9.47 Å². The summed E-state index contributed by atoms with van der Waals surface area (Å²) in [4.78, 5) is -0.273. The van der Waals surface area contributed by atoms with E-state index in [2.05, 4.69) is 15.4 Å². The molecule has 0 radical (unpaired) electrons. The van der Waals surface area contributed by atoms with Crippen LogP contribution < -0.4 is 24.8 Å². The minimum Gasteiger partial charge on any atom is -0.487 e. The van der Waals surface area contributed by atoms with E-state index in [-0.39, 0.29) is 51.8 Å². The van der Waals surface area contributed by atoms with Crippen LogP contribution in [0.3, 0.4) is 0 Å². The lowest BCUT2D eigenvalue weighted by Crippen LogP contribution is -2.33. The molecule has 0 aliphatic rings. The molecule has 8 rings (SSSR count). The van der Waals surface area contributed by atoms with Gasteiger partial charge in [0.2, 0.25) is 0 Å². The summed E-state index contributed by atoms with van der Waals surface area (Å²) in [5, 5.41) is 7.27. The summed E-state index contributed by atoms with van der Waals surface area (Å²) in [7, 11) is -8.29. The van der Waals surface area contributed by atoms with Crippen molar-refractivity contribution in [3.8, 4) is 17.2 Å². The van der Waals surface area contributed by atoms with Gasteiger partial charge in [-0.2, -0.15) is 17.6 Å². The number of aromatic nitrogens is 2. The van der Waals surface area contributed by atoms with Crippen molar-refractivity contribution in [2.24, 2.45) is 0 Å². The van der Waals surface area contributed by atoms with E-state index in [0.29, 0.717) is 52.5 Å². The van der Waals surface area contributed by atoms with Crippen molar-refractivity contribution in [1.82, 2.24) is 18.6 Å². The largest absolute Gasteiger partial charge is 0.573 e. The highest BCUT2D eigenvalue weighted by molar-refractivity contribution is 7.90. The third-order valence-electron chi connectivity index (χ3n) is 11.6. The van der Waals surface area contributed by atoms with Crippen molar-refractivity contribution < 1.29 is 88.1 Å². The van der Waals surface area contributed by atoms with Gasteiger partial charge >= 0.3 is 31.1 Å². The predicted octanol–water partition coefficient (Wildman–Crippen LogP) is 12.2. The van der Waals surface area contributed by atoms with E-state index >= 15 is 0 Å². The zero-order valence-corrected chi connectivity index (χ0v) is 42.4. The summed E-state index contributed by atoms with van der Waals surface area (Å²) in [6.07, 6.45) is -9.19. The van der Waals surface area contributed by atoms with Crippen LogP contribution in [0.1, 0.15) is 22.3 Å². The number of alkyl halides is 11. The Morgan fingerprint density at radius 3 is 1.30 bits per heavy atom. The van der Waals surface area contributed by atoms with Crippen molar-refractivity contribution >= 4 is 41.9 Å². The molecule has 0 bridgehead atoms. The summed E-state index contributed by atoms with van der Waals surface area (Å²) in [5.74, 6) is -10.4. The number of rotatable bonds is 23. The second kappa shape index (κ2) is 24.8. The number of nitrogens with zero attached hydrogens (tertiary/aromatic N) is 2. The molecule has 0 saturated carbocycles. The Morgan fingerprint density at radius 1 is 0.481 bits per heavy atom. The lowest BCUT2D eigenvalue weighted by molar-refractivity contribution is -0.274. The molecule has 26 heteroatoms. The van der Waals surface area contributed by atoms with Gasteiger partial charge in [-0.1, -0.05) is 42.5 Å². The number of nitrogens with one attached hydrogen (secondary N) is 2. The van der Waals surface area contributed by atoms with Crippen LogP contribution in [0.25, 0.3) is 21.8 Å². The van der Waals surface area contributed by atoms with E-state index in [0.717, 1.165) is 44.3 Å². The van der Waals surface area contributed by atoms with Crippen molar-refractivity contribution in [1.29, 1.82) is 0 Å². The molecule has 422 valence electrons. The minimum atomic E-state index is -4.96. The molecule has 2 heterocycles. The number of ether oxygens (including phenoxy) is 3.